The van der Waals surface area contributed by atoms with Gasteiger partial charge in [0.2, 0.25) is 11.8 Å². The average molecular weight is 304 g/mol. The maximum atomic E-state index is 5.50. The summed E-state index contributed by atoms with van der Waals surface area (Å²) in [7, 11) is 0. The summed E-state index contributed by atoms with van der Waals surface area (Å²) in [5, 5.41) is 3.11. The minimum Gasteiger partial charge on any atom is -0.474 e. The van der Waals surface area contributed by atoms with E-state index in [4.69, 9.17) is 9.47 Å². The lowest BCUT2D eigenvalue weighted by atomic mass is 10.5. The summed E-state index contributed by atoms with van der Waals surface area (Å²) < 4.78 is 11.4. The fourth-order valence-electron chi connectivity index (χ4n) is 1.12. The van der Waals surface area contributed by atoms with Gasteiger partial charge in [-0.05, 0) is 29.3 Å². The molecule has 5 nitrogen and oxygen atoms in total. The molecule has 1 rings (SSSR count). The van der Waals surface area contributed by atoms with Crippen molar-refractivity contribution in [2.45, 2.75) is 20.3 Å². The molecule has 0 spiro atoms. The van der Waals surface area contributed by atoms with Gasteiger partial charge in [-0.2, -0.15) is 4.98 Å². The van der Waals surface area contributed by atoms with Gasteiger partial charge >= 0.3 is 0 Å². The Morgan fingerprint density at radius 1 is 1.35 bits per heavy atom. The van der Waals surface area contributed by atoms with Crippen LogP contribution in [0.1, 0.15) is 20.3 Å². The van der Waals surface area contributed by atoms with E-state index in [1.54, 1.807) is 6.20 Å². The number of anilines is 1. The second-order valence-electron chi connectivity index (χ2n) is 3.32. The number of aromatic nitrogens is 2. The molecule has 0 fully saturated rings. The van der Waals surface area contributed by atoms with E-state index in [0.717, 1.165) is 17.4 Å². The van der Waals surface area contributed by atoms with Crippen LogP contribution in [0.25, 0.3) is 0 Å². The lowest BCUT2D eigenvalue weighted by Gasteiger charge is -2.09. The van der Waals surface area contributed by atoms with E-state index < -0.39 is 0 Å². The van der Waals surface area contributed by atoms with Crippen molar-refractivity contribution >= 4 is 21.9 Å². The lowest BCUT2D eigenvalue weighted by molar-refractivity contribution is 0.108. The highest BCUT2D eigenvalue weighted by atomic mass is 79.9. The highest BCUT2D eigenvalue weighted by molar-refractivity contribution is 9.10. The summed E-state index contributed by atoms with van der Waals surface area (Å²) >= 11 is 3.35. The minimum absolute atomic E-state index is 0.483. The van der Waals surface area contributed by atoms with Crippen LogP contribution in [-0.4, -0.2) is 36.3 Å². The predicted molar refractivity (Wildman–Crippen MR) is 70.5 cm³/mol. The standard InChI is InChI=1S/C11H18BrN3O2/c1-3-5-13-11-14-8-9(12)10(15-11)17-7-6-16-4-2/h8H,3-7H2,1-2H3,(H,13,14,15). The Bertz CT molecular complexity index is 336. The third-order valence-electron chi connectivity index (χ3n) is 1.92. The van der Waals surface area contributed by atoms with Gasteiger partial charge in [-0.1, -0.05) is 6.92 Å². The molecule has 96 valence electrons. The summed E-state index contributed by atoms with van der Waals surface area (Å²) in [5.41, 5.74) is 0. The van der Waals surface area contributed by atoms with E-state index >= 15 is 0 Å². The van der Waals surface area contributed by atoms with E-state index in [-0.39, 0.29) is 0 Å². The van der Waals surface area contributed by atoms with Crippen LogP contribution in [-0.2, 0) is 4.74 Å². The van der Waals surface area contributed by atoms with Gasteiger partial charge in [-0.25, -0.2) is 4.98 Å². The molecule has 17 heavy (non-hydrogen) atoms. The van der Waals surface area contributed by atoms with Crippen LogP contribution in [0.5, 0.6) is 5.88 Å². The first-order valence-corrected chi connectivity index (χ1v) is 6.54. The van der Waals surface area contributed by atoms with E-state index in [1.807, 2.05) is 6.92 Å². The first-order chi connectivity index (χ1) is 8.27. The number of hydrogen-bond donors (Lipinski definition) is 1. The molecule has 0 aliphatic carbocycles. The zero-order chi connectivity index (χ0) is 12.5. The molecule has 1 aromatic heterocycles. The Labute approximate surface area is 110 Å². The van der Waals surface area contributed by atoms with Gasteiger partial charge in [0.15, 0.2) is 0 Å². The molecular weight excluding hydrogens is 286 g/mol. The van der Waals surface area contributed by atoms with Crippen LogP contribution >= 0.6 is 15.9 Å². The van der Waals surface area contributed by atoms with Crippen molar-refractivity contribution in [1.29, 1.82) is 0 Å². The van der Waals surface area contributed by atoms with E-state index in [9.17, 15) is 0 Å². The number of nitrogens with one attached hydrogen (secondary N) is 1. The Kier molecular flexibility index (Phi) is 6.88. The largest absolute Gasteiger partial charge is 0.474 e. The van der Waals surface area contributed by atoms with E-state index in [1.165, 1.54) is 0 Å². The van der Waals surface area contributed by atoms with Crippen LogP contribution in [0, 0.1) is 0 Å². The molecule has 0 bridgehead atoms. The molecule has 0 unspecified atom stereocenters. The van der Waals surface area contributed by atoms with Crippen molar-refractivity contribution in [3.05, 3.63) is 10.7 Å². The van der Waals surface area contributed by atoms with Crippen LogP contribution in [0.3, 0.4) is 0 Å². The zero-order valence-electron chi connectivity index (χ0n) is 10.2. The normalized spacial score (nSPS) is 10.3. The molecular formula is C11H18BrN3O2. The summed E-state index contributed by atoms with van der Waals surface area (Å²) in [6.45, 7) is 6.62. The number of rotatable bonds is 8. The number of nitrogens with zero attached hydrogens (tertiary/aromatic N) is 2. The molecule has 0 saturated heterocycles. The maximum Gasteiger partial charge on any atom is 0.232 e. The number of ether oxygens (including phenoxy) is 2. The van der Waals surface area contributed by atoms with Crippen LogP contribution < -0.4 is 10.1 Å². The van der Waals surface area contributed by atoms with Crippen molar-refractivity contribution < 1.29 is 9.47 Å². The number of hydrogen-bond acceptors (Lipinski definition) is 5. The van der Waals surface area contributed by atoms with Gasteiger partial charge in [0.05, 0.1) is 17.3 Å². The summed E-state index contributed by atoms with van der Waals surface area (Å²) in [5.74, 6) is 1.12. The molecule has 0 radical (unpaired) electrons. The summed E-state index contributed by atoms with van der Waals surface area (Å²) in [6, 6.07) is 0. The molecule has 0 atom stereocenters. The highest BCUT2D eigenvalue weighted by Gasteiger charge is 2.05. The quantitative estimate of drug-likeness (QED) is 0.748. The third-order valence-corrected chi connectivity index (χ3v) is 2.46. The van der Waals surface area contributed by atoms with Crippen LogP contribution in [0.2, 0.25) is 0 Å². The lowest BCUT2D eigenvalue weighted by Crippen LogP contribution is -2.10. The first kappa shape index (κ1) is 14.2. The van der Waals surface area contributed by atoms with Crippen molar-refractivity contribution in [3.63, 3.8) is 0 Å². The van der Waals surface area contributed by atoms with Gasteiger partial charge in [0.25, 0.3) is 0 Å². The first-order valence-electron chi connectivity index (χ1n) is 5.74. The molecule has 1 N–H and O–H groups in total. The van der Waals surface area contributed by atoms with Crippen LogP contribution in [0.4, 0.5) is 5.95 Å². The van der Waals surface area contributed by atoms with Gasteiger partial charge in [0, 0.05) is 13.2 Å². The Morgan fingerprint density at radius 2 is 2.18 bits per heavy atom. The van der Waals surface area contributed by atoms with E-state index in [2.05, 4.69) is 38.1 Å². The number of halogens is 1. The molecule has 0 aliphatic heterocycles. The second kappa shape index (κ2) is 8.25. The van der Waals surface area contributed by atoms with Crippen LogP contribution in [0.15, 0.2) is 10.7 Å². The fourth-order valence-corrected chi connectivity index (χ4v) is 1.42. The molecule has 6 heteroatoms. The van der Waals surface area contributed by atoms with Gasteiger partial charge in [0.1, 0.15) is 6.61 Å². The summed E-state index contributed by atoms with van der Waals surface area (Å²) in [4.78, 5) is 8.40. The molecule has 0 aliphatic rings. The third kappa shape index (κ3) is 5.32. The monoisotopic (exact) mass is 303 g/mol. The Morgan fingerprint density at radius 3 is 2.88 bits per heavy atom. The second-order valence-corrected chi connectivity index (χ2v) is 4.17. The van der Waals surface area contributed by atoms with Crippen molar-refractivity contribution in [1.82, 2.24) is 9.97 Å². The topological polar surface area (TPSA) is 56.3 Å². The SMILES string of the molecule is CCCNc1ncc(Br)c(OCCOCC)n1. The molecule has 0 saturated carbocycles. The fraction of sp³-hybridized carbons (Fsp3) is 0.636. The summed E-state index contributed by atoms with van der Waals surface area (Å²) in [6.07, 6.45) is 2.71. The molecule has 1 heterocycles. The smallest absolute Gasteiger partial charge is 0.232 e. The Hall–Kier alpha value is -0.880. The van der Waals surface area contributed by atoms with Gasteiger partial charge in [-0.3, -0.25) is 0 Å². The van der Waals surface area contributed by atoms with Crippen molar-refractivity contribution in [2.24, 2.45) is 0 Å². The average Bonchev–Trinajstić information content (AvgIpc) is 2.35. The molecule has 0 amide bonds. The van der Waals surface area contributed by atoms with Crippen molar-refractivity contribution in [2.75, 3.05) is 31.7 Å². The van der Waals surface area contributed by atoms with Crippen molar-refractivity contribution in [3.8, 4) is 5.88 Å². The van der Waals surface area contributed by atoms with E-state index in [0.29, 0.717) is 31.6 Å². The predicted octanol–water partition coefficient (Wildman–Crippen LogP) is 2.48. The molecule has 0 aromatic carbocycles. The highest BCUT2D eigenvalue weighted by Crippen LogP contribution is 2.22. The molecule has 1 aromatic rings. The van der Waals surface area contributed by atoms with Gasteiger partial charge < -0.3 is 14.8 Å². The van der Waals surface area contributed by atoms with Gasteiger partial charge in [-0.15, -0.1) is 0 Å². The Balaban J connectivity index is 2.50. The maximum absolute atomic E-state index is 5.50. The minimum atomic E-state index is 0.483. The zero-order valence-corrected chi connectivity index (χ0v) is 11.8.